The van der Waals surface area contributed by atoms with E-state index in [-0.39, 0.29) is 10.8 Å². The molecule has 4 heteroatoms. The molecule has 1 atom stereocenters. The molecule has 0 saturated heterocycles. The minimum Gasteiger partial charge on any atom is -0.481 e. The third-order valence-electron chi connectivity index (χ3n) is 2.31. The van der Waals surface area contributed by atoms with E-state index in [1.165, 1.54) is 0 Å². The number of hydrogen-bond acceptors (Lipinski definition) is 3. The van der Waals surface area contributed by atoms with Crippen molar-refractivity contribution >= 4 is 17.3 Å². The van der Waals surface area contributed by atoms with Crippen LogP contribution in [0, 0.1) is 5.41 Å². The van der Waals surface area contributed by atoms with Gasteiger partial charge in [0, 0.05) is 24.5 Å². The van der Waals surface area contributed by atoms with Crippen molar-refractivity contribution in [2.24, 2.45) is 5.41 Å². The van der Waals surface area contributed by atoms with E-state index in [0.717, 1.165) is 18.7 Å². The molecule has 1 aromatic rings. The number of alkyl halides is 1. The average Bonchev–Trinajstić information content (AvgIpc) is 2.24. The minimum atomic E-state index is 0.120. The number of pyridine rings is 1. The highest BCUT2D eigenvalue weighted by Crippen LogP contribution is 2.24. The van der Waals surface area contributed by atoms with Crippen LogP contribution in [0.1, 0.15) is 27.2 Å². The van der Waals surface area contributed by atoms with Crippen molar-refractivity contribution in [2.45, 2.75) is 32.6 Å². The van der Waals surface area contributed by atoms with Crippen molar-refractivity contribution < 1.29 is 4.74 Å². The predicted molar refractivity (Wildman–Crippen MR) is 73.0 cm³/mol. The molecular formula is C13H21ClN2O. The molecule has 0 fully saturated rings. The van der Waals surface area contributed by atoms with E-state index >= 15 is 0 Å². The molecule has 1 unspecified atom stereocenters. The number of anilines is 1. The zero-order chi connectivity index (χ0) is 12.9. The molecule has 17 heavy (non-hydrogen) atoms. The van der Waals surface area contributed by atoms with Gasteiger partial charge < -0.3 is 10.1 Å². The van der Waals surface area contributed by atoms with E-state index in [1.54, 1.807) is 13.3 Å². The minimum absolute atomic E-state index is 0.120. The molecule has 0 aliphatic heterocycles. The van der Waals surface area contributed by atoms with E-state index in [1.807, 2.05) is 12.1 Å². The summed E-state index contributed by atoms with van der Waals surface area (Å²) in [5, 5.41) is 3.41. The number of ether oxygens (including phenoxy) is 1. The molecule has 96 valence electrons. The fraction of sp³-hybridized carbons (Fsp3) is 0.615. The number of rotatable bonds is 5. The molecule has 1 heterocycles. The van der Waals surface area contributed by atoms with Gasteiger partial charge in [-0.3, -0.25) is 0 Å². The smallest absolute Gasteiger partial charge is 0.214 e. The normalized spacial score (nSPS) is 13.2. The van der Waals surface area contributed by atoms with E-state index in [0.29, 0.717) is 5.88 Å². The first-order chi connectivity index (χ1) is 7.90. The van der Waals surface area contributed by atoms with Gasteiger partial charge in [-0.25, -0.2) is 4.98 Å². The number of aromatic nitrogens is 1. The second kappa shape index (κ2) is 6.10. The molecule has 0 radical (unpaired) electrons. The second-order valence-electron chi connectivity index (χ2n) is 5.33. The summed E-state index contributed by atoms with van der Waals surface area (Å²) in [7, 11) is 1.61. The second-order valence-corrected chi connectivity index (χ2v) is 5.95. The van der Waals surface area contributed by atoms with E-state index in [9.17, 15) is 0 Å². The topological polar surface area (TPSA) is 34.1 Å². The molecule has 1 N–H and O–H groups in total. The van der Waals surface area contributed by atoms with E-state index in [4.69, 9.17) is 16.3 Å². The maximum atomic E-state index is 6.28. The van der Waals surface area contributed by atoms with Gasteiger partial charge in [-0.1, -0.05) is 20.8 Å². The zero-order valence-electron chi connectivity index (χ0n) is 11.0. The summed E-state index contributed by atoms with van der Waals surface area (Å²) in [6.07, 6.45) is 2.69. The highest BCUT2D eigenvalue weighted by molar-refractivity contribution is 6.20. The van der Waals surface area contributed by atoms with Gasteiger partial charge in [0.2, 0.25) is 5.88 Å². The third kappa shape index (κ3) is 5.78. The Balaban J connectivity index is 2.44. The molecular weight excluding hydrogens is 236 g/mol. The predicted octanol–water partition coefficient (Wildman–Crippen LogP) is 3.55. The lowest BCUT2D eigenvalue weighted by Crippen LogP contribution is -2.20. The summed E-state index contributed by atoms with van der Waals surface area (Å²) >= 11 is 6.28. The maximum Gasteiger partial charge on any atom is 0.214 e. The lowest BCUT2D eigenvalue weighted by atomic mass is 9.90. The molecule has 0 spiro atoms. The summed E-state index contributed by atoms with van der Waals surface area (Å²) in [6, 6.07) is 3.77. The quantitative estimate of drug-likeness (QED) is 0.819. The first kappa shape index (κ1) is 14.1. The molecule has 1 rings (SSSR count). The van der Waals surface area contributed by atoms with E-state index in [2.05, 4.69) is 31.1 Å². The molecule has 3 nitrogen and oxygen atoms in total. The fourth-order valence-corrected chi connectivity index (χ4v) is 2.14. The van der Waals surface area contributed by atoms with Crippen molar-refractivity contribution in [1.82, 2.24) is 4.98 Å². The monoisotopic (exact) mass is 256 g/mol. The van der Waals surface area contributed by atoms with Crippen molar-refractivity contribution in [3.63, 3.8) is 0 Å². The van der Waals surface area contributed by atoms with Crippen LogP contribution in [0.3, 0.4) is 0 Å². The Morgan fingerprint density at radius 1 is 1.47 bits per heavy atom. The van der Waals surface area contributed by atoms with Gasteiger partial charge in [-0.2, -0.15) is 0 Å². The van der Waals surface area contributed by atoms with Crippen molar-refractivity contribution in [3.05, 3.63) is 18.3 Å². The van der Waals surface area contributed by atoms with Gasteiger partial charge in [0.25, 0.3) is 0 Å². The Kier molecular flexibility index (Phi) is 5.06. The summed E-state index contributed by atoms with van der Waals surface area (Å²) in [5.74, 6) is 0.608. The highest BCUT2D eigenvalue weighted by Gasteiger charge is 2.16. The number of methoxy groups -OCH3 is 1. The largest absolute Gasteiger partial charge is 0.481 e. The molecule has 0 aromatic carbocycles. The maximum absolute atomic E-state index is 6.28. The molecule has 1 aromatic heterocycles. The van der Waals surface area contributed by atoms with Crippen LogP contribution < -0.4 is 10.1 Å². The van der Waals surface area contributed by atoms with Gasteiger partial charge in [0.05, 0.1) is 12.5 Å². The average molecular weight is 257 g/mol. The van der Waals surface area contributed by atoms with Gasteiger partial charge in [0.15, 0.2) is 0 Å². The zero-order valence-corrected chi connectivity index (χ0v) is 11.7. The molecule has 0 bridgehead atoms. The molecule has 0 aliphatic rings. The highest BCUT2D eigenvalue weighted by atomic mass is 35.5. The van der Waals surface area contributed by atoms with Crippen LogP contribution in [0.5, 0.6) is 5.88 Å². The lowest BCUT2D eigenvalue weighted by molar-refractivity contribution is 0.373. The van der Waals surface area contributed by atoms with Crippen LogP contribution >= 0.6 is 11.6 Å². The Labute approximate surface area is 109 Å². The summed E-state index contributed by atoms with van der Waals surface area (Å²) in [5.41, 5.74) is 1.24. The summed E-state index contributed by atoms with van der Waals surface area (Å²) in [4.78, 5) is 4.05. The van der Waals surface area contributed by atoms with Crippen LogP contribution in [0.2, 0.25) is 0 Å². The molecule has 0 aliphatic carbocycles. The van der Waals surface area contributed by atoms with Crippen molar-refractivity contribution in [1.29, 1.82) is 0 Å². The summed E-state index contributed by atoms with van der Waals surface area (Å²) < 4.78 is 5.06. The Morgan fingerprint density at radius 2 is 2.18 bits per heavy atom. The van der Waals surface area contributed by atoms with Gasteiger partial charge in [-0.15, -0.1) is 11.6 Å². The van der Waals surface area contributed by atoms with Crippen LogP contribution in [-0.2, 0) is 0 Å². The van der Waals surface area contributed by atoms with Crippen LogP contribution in [0.4, 0.5) is 5.69 Å². The van der Waals surface area contributed by atoms with Gasteiger partial charge in [0.1, 0.15) is 0 Å². The number of hydrogen-bond donors (Lipinski definition) is 1. The van der Waals surface area contributed by atoms with Crippen molar-refractivity contribution in [3.8, 4) is 5.88 Å². The van der Waals surface area contributed by atoms with Gasteiger partial charge >= 0.3 is 0 Å². The Bertz CT molecular complexity index is 350. The standard InChI is InChI=1S/C13H21ClN2O/c1-13(2,3)8-10(14)9-16-11-5-6-15-12(7-11)17-4/h5-7,10H,8-9H2,1-4H3,(H,15,16). The van der Waals surface area contributed by atoms with Crippen LogP contribution in [0.15, 0.2) is 18.3 Å². The lowest BCUT2D eigenvalue weighted by Gasteiger charge is -2.22. The summed E-state index contributed by atoms with van der Waals surface area (Å²) in [6.45, 7) is 7.32. The molecule has 0 saturated carbocycles. The van der Waals surface area contributed by atoms with E-state index < -0.39 is 0 Å². The molecule has 0 amide bonds. The fourth-order valence-electron chi connectivity index (χ4n) is 1.60. The number of nitrogens with zero attached hydrogens (tertiary/aromatic N) is 1. The van der Waals surface area contributed by atoms with Crippen LogP contribution in [-0.4, -0.2) is 24.0 Å². The Morgan fingerprint density at radius 3 is 2.76 bits per heavy atom. The SMILES string of the molecule is COc1cc(NCC(Cl)CC(C)(C)C)ccn1. The number of halogens is 1. The van der Waals surface area contributed by atoms with Gasteiger partial charge in [-0.05, 0) is 17.9 Å². The van der Waals surface area contributed by atoms with Crippen molar-refractivity contribution in [2.75, 3.05) is 19.0 Å². The first-order valence-electron chi connectivity index (χ1n) is 5.79. The van der Waals surface area contributed by atoms with Crippen LogP contribution in [0.25, 0.3) is 0 Å². The third-order valence-corrected chi connectivity index (χ3v) is 2.61. The number of nitrogens with one attached hydrogen (secondary N) is 1. The first-order valence-corrected chi connectivity index (χ1v) is 6.22. The Hall–Kier alpha value is -0.960.